The molecule has 0 amide bonds. The number of rotatable bonds is 5. The Kier molecular flexibility index (Phi) is 5.73. The molecule has 0 bridgehead atoms. The Morgan fingerprint density at radius 2 is 2.31 bits per heavy atom. The zero-order valence-corrected chi connectivity index (χ0v) is 12.8. The van der Waals surface area contributed by atoms with Gasteiger partial charge in [-0.25, -0.2) is 0 Å². The van der Waals surface area contributed by atoms with Gasteiger partial charge in [-0.15, -0.1) is 11.3 Å². The largest absolute Gasteiger partial charge is 0.311 e. The summed E-state index contributed by atoms with van der Waals surface area (Å²) in [5.41, 5.74) is 1.39. The molecule has 16 heavy (non-hydrogen) atoms. The summed E-state index contributed by atoms with van der Waals surface area (Å²) in [6.07, 6.45) is 3.46. The van der Waals surface area contributed by atoms with Gasteiger partial charge < -0.3 is 5.32 Å². The van der Waals surface area contributed by atoms with Crippen molar-refractivity contribution in [3.05, 3.63) is 25.9 Å². The van der Waals surface area contributed by atoms with Gasteiger partial charge in [0.2, 0.25) is 0 Å². The number of aryl methyl sites for hydroxylation is 1. The third kappa shape index (κ3) is 4.04. The first kappa shape index (κ1) is 13.9. The van der Waals surface area contributed by atoms with Crippen molar-refractivity contribution in [3.63, 3.8) is 0 Å². The molecule has 1 rings (SSSR count). The van der Waals surface area contributed by atoms with Crippen LogP contribution in [0.5, 0.6) is 0 Å². The van der Waals surface area contributed by atoms with Crippen molar-refractivity contribution in [2.45, 2.75) is 40.2 Å². The molecule has 0 saturated heterocycles. The second-order valence-corrected chi connectivity index (χ2v) is 6.26. The zero-order valence-electron chi connectivity index (χ0n) is 10.4. The summed E-state index contributed by atoms with van der Waals surface area (Å²) < 4.78 is 1.21. The van der Waals surface area contributed by atoms with Crippen LogP contribution in [0.2, 0.25) is 0 Å². The van der Waals surface area contributed by atoms with E-state index in [1.165, 1.54) is 26.2 Å². The molecule has 0 fully saturated rings. The first-order valence-corrected chi connectivity index (χ1v) is 7.33. The van der Waals surface area contributed by atoms with Gasteiger partial charge in [-0.05, 0) is 61.8 Å². The Morgan fingerprint density at radius 3 is 2.81 bits per heavy atom. The van der Waals surface area contributed by atoms with Crippen molar-refractivity contribution in [2.75, 3.05) is 6.54 Å². The van der Waals surface area contributed by atoms with E-state index in [-0.39, 0.29) is 0 Å². The minimum absolute atomic E-state index is 0.459. The van der Waals surface area contributed by atoms with Crippen molar-refractivity contribution in [2.24, 2.45) is 0 Å². The lowest BCUT2D eigenvalue weighted by atomic mass is 10.1. The lowest BCUT2D eigenvalue weighted by Gasteiger charge is -2.13. The van der Waals surface area contributed by atoms with Gasteiger partial charge in [-0.1, -0.05) is 12.5 Å². The smallest absolute Gasteiger partial charge is 0.0317 e. The molecule has 1 aromatic rings. The maximum absolute atomic E-state index is 3.55. The standard InChI is InChI=1S/C13H20BrNS/c1-5-6-15-10(3)9(2)7-12-8-13(14)11(4)16-12/h7-8,10,15H,5-6H2,1-4H3. The maximum atomic E-state index is 3.55. The van der Waals surface area contributed by atoms with Crippen molar-refractivity contribution >= 4 is 33.3 Å². The molecule has 1 unspecified atom stereocenters. The van der Waals surface area contributed by atoms with Gasteiger partial charge in [0.15, 0.2) is 0 Å². The normalized spacial score (nSPS) is 14.2. The van der Waals surface area contributed by atoms with Crippen LogP contribution in [0.1, 0.15) is 36.9 Å². The van der Waals surface area contributed by atoms with Gasteiger partial charge in [-0.2, -0.15) is 0 Å². The molecule has 0 aliphatic heterocycles. The van der Waals surface area contributed by atoms with Gasteiger partial charge in [0, 0.05) is 20.3 Å². The molecule has 1 aromatic heterocycles. The zero-order chi connectivity index (χ0) is 12.1. The molecular weight excluding hydrogens is 282 g/mol. The van der Waals surface area contributed by atoms with Gasteiger partial charge >= 0.3 is 0 Å². The molecule has 0 spiro atoms. The van der Waals surface area contributed by atoms with E-state index in [1.54, 1.807) is 0 Å². The van der Waals surface area contributed by atoms with E-state index in [9.17, 15) is 0 Å². The summed E-state index contributed by atoms with van der Waals surface area (Å²) in [4.78, 5) is 2.67. The van der Waals surface area contributed by atoms with E-state index in [1.807, 2.05) is 11.3 Å². The molecule has 0 radical (unpaired) electrons. The molecule has 90 valence electrons. The van der Waals surface area contributed by atoms with Crippen LogP contribution in [0.4, 0.5) is 0 Å². The molecule has 3 heteroatoms. The Bertz CT molecular complexity index is 349. The second-order valence-electron chi connectivity index (χ2n) is 4.12. The van der Waals surface area contributed by atoms with E-state index in [2.05, 4.69) is 61.1 Å². The fourth-order valence-corrected chi connectivity index (χ4v) is 3.00. The summed E-state index contributed by atoms with van der Waals surface area (Å²) >= 11 is 5.38. The molecule has 1 nitrogen and oxygen atoms in total. The first-order valence-electron chi connectivity index (χ1n) is 5.72. The van der Waals surface area contributed by atoms with Crippen LogP contribution in [-0.2, 0) is 0 Å². The highest BCUT2D eigenvalue weighted by Crippen LogP contribution is 2.28. The van der Waals surface area contributed by atoms with Crippen molar-refractivity contribution in [1.29, 1.82) is 0 Å². The minimum Gasteiger partial charge on any atom is -0.311 e. The maximum Gasteiger partial charge on any atom is 0.0317 e. The predicted octanol–water partition coefficient (Wildman–Crippen LogP) is 4.61. The predicted molar refractivity (Wildman–Crippen MR) is 78.2 cm³/mol. The fourth-order valence-electron chi connectivity index (χ4n) is 1.42. The topological polar surface area (TPSA) is 12.0 Å². The van der Waals surface area contributed by atoms with Crippen molar-refractivity contribution in [3.8, 4) is 0 Å². The van der Waals surface area contributed by atoms with Crippen LogP contribution < -0.4 is 5.32 Å². The fraction of sp³-hybridized carbons (Fsp3) is 0.538. The first-order chi connectivity index (χ1) is 7.54. The van der Waals surface area contributed by atoms with Gasteiger partial charge in [0.05, 0.1) is 0 Å². The number of halogens is 1. The van der Waals surface area contributed by atoms with Crippen molar-refractivity contribution < 1.29 is 0 Å². The number of nitrogens with one attached hydrogen (secondary N) is 1. The molecule has 1 atom stereocenters. The lowest BCUT2D eigenvalue weighted by Crippen LogP contribution is -2.27. The molecule has 1 N–H and O–H groups in total. The van der Waals surface area contributed by atoms with Crippen LogP contribution in [-0.4, -0.2) is 12.6 Å². The summed E-state index contributed by atoms with van der Waals surface area (Å²) in [6.45, 7) is 9.82. The summed E-state index contributed by atoms with van der Waals surface area (Å²) in [5.74, 6) is 0. The highest BCUT2D eigenvalue weighted by molar-refractivity contribution is 9.10. The number of thiophene rings is 1. The Hall–Kier alpha value is -0.120. The third-order valence-corrected chi connectivity index (χ3v) is 4.71. The molecule has 1 heterocycles. The Morgan fingerprint density at radius 1 is 1.62 bits per heavy atom. The monoisotopic (exact) mass is 301 g/mol. The summed E-state index contributed by atoms with van der Waals surface area (Å²) in [7, 11) is 0. The lowest BCUT2D eigenvalue weighted by molar-refractivity contribution is 0.604. The Balaban J connectivity index is 2.68. The van der Waals surface area contributed by atoms with Gasteiger partial charge in [0.1, 0.15) is 0 Å². The van der Waals surface area contributed by atoms with E-state index in [0.717, 1.165) is 6.54 Å². The second kappa shape index (κ2) is 6.58. The highest BCUT2D eigenvalue weighted by Gasteiger charge is 2.05. The molecule has 0 saturated carbocycles. The quantitative estimate of drug-likeness (QED) is 0.837. The third-order valence-electron chi connectivity index (χ3n) is 2.63. The van der Waals surface area contributed by atoms with E-state index in [4.69, 9.17) is 0 Å². The van der Waals surface area contributed by atoms with Crippen LogP contribution in [0.25, 0.3) is 6.08 Å². The van der Waals surface area contributed by atoms with E-state index >= 15 is 0 Å². The van der Waals surface area contributed by atoms with Crippen LogP contribution >= 0.6 is 27.3 Å². The van der Waals surface area contributed by atoms with E-state index in [0.29, 0.717) is 6.04 Å². The summed E-state index contributed by atoms with van der Waals surface area (Å²) in [6, 6.07) is 2.65. The number of hydrogen-bond donors (Lipinski definition) is 1. The van der Waals surface area contributed by atoms with Crippen LogP contribution in [0.15, 0.2) is 16.1 Å². The minimum atomic E-state index is 0.459. The molecular formula is C13H20BrNS. The average Bonchev–Trinajstić information content (AvgIpc) is 2.54. The van der Waals surface area contributed by atoms with Crippen LogP contribution in [0.3, 0.4) is 0 Å². The van der Waals surface area contributed by atoms with Gasteiger partial charge in [-0.3, -0.25) is 0 Å². The highest BCUT2D eigenvalue weighted by atomic mass is 79.9. The molecule has 0 aliphatic rings. The average molecular weight is 302 g/mol. The van der Waals surface area contributed by atoms with E-state index < -0.39 is 0 Å². The summed E-state index contributed by atoms with van der Waals surface area (Å²) in [5, 5.41) is 3.50. The molecule has 0 aromatic carbocycles. The SMILES string of the molecule is CCCNC(C)C(C)=Cc1cc(Br)c(C)s1. The van der Waals surface area contributed by atoms with Gasteiger partial charge in [0.25, 0.3) is 0 Å². The van der Waals surface area contributed by atoms with Crippen LogP contribution in [0, 0.1) is 6.92 Å². The molecule has 0 aliphatic carbocycles. The Labute approximate surface area is 111 Å². The van der Waals surface area contributed by atoms with Crippen molar-refractivity contribution in [1.82, 2.24) is 5.32 Å². The number of hydrogen-bond acceptors (Lipinski definition) is 2.